The molecule has 0 aliphatic carbocycles. The number of hydrogen-bond donors (Lipinski definition) is 1. The van der Waals surface area contributed by atoms with Crippen molar-refractivity contribution in [1.82, 2.24) is 0 Å². The number of alkyl halides is 6. The van der Waals surface area contributed by atoms with E-state index in [1.807, 2.05) is 0 Å². The van der Waals surface area contributed by atoms with Crippen molar-refractivity contribution in [2.24, 2.45) is 0 Å². The first kappa shape index (κ1) is 51.4. The molecular weight excluding hydrogens is 997 g/mol. The van der Waals surface area contributed by atoms with Gasteiger partial charge < -0.3 is 38.6 Å². The van der Waals surface area contributed by atoms with E-state index in [0.29, 0.717) is 33.0 Å². The Morgan fingerprint density at radius 3 is 1.53 bits per heavy atom. The minimum absolute atomic E-state index is 0.00865. The van der Waals surface area contributed by atoms with E-state index in [4.69, 9.17) is 46.9 Å². The highest BCUT2D eigenvalue weighted by atomic mass is 35.5. The molecule has 0 bridgehead atoms. The number of nitrogens with zero attached hydrogens (tertiary/aromatic N) is 2. The zero-order valence-electron chi connectivity index (χ0n) is 38.7. The van der Waals surface area contributed by atoms with Crippen LogP contribution in [0.15, 0.2) is 84.9 Å². The molecule has 1 atom stereocenters. The van der Waals surface area contributed by atoms with E-state index in [0.717, 1.165) is 0 Å². The summed E-state index contributed by atoms with van der Waals surface area (Å²) in [7, 11) is 0. The first-order valence-electron chi connectivity index (χ1n) is 22.6. The minimum atomic E-state index is -4.69. The smallest absolute Gasteiger partial charge is 0.422 e. The minimum Gasteiger partial charge on any atom is -0.493 e. The van der Waals surface area contributed by atoms with Gasteiger partial charge in [0.2, 0.25) is 0 Å². The van der Waals surface area contributed by atoms with E-state index >= 15 is 0 Å². The molecule has 20 heteroatoms. The summed E-state index contributed by atoms with van der Waals surface area (Å²) >= 11 is 13.6. The summed E-state index contributed by atoms with van der Waals surface area (Å²) in [5, 5.41) is 12.0. The van der Waals surface area contributed by atoms with Crippen LogP contribution in [0.5, 0.6) is 23.0 Å². The predicted molar refractivity (Wildman–Crippen MR) is 256 cm³/mol. The summed E-state index contributed by atoms with van der Waals surface area (Å²) in [5.74, 6) is -3.19. The SMILES string of the molecule is CCOc1c2c(c(OCC(F)(F)F)c3ccccc13)C(=O)N(c1ccc(CC(=O)OCCC(CC)(C(=O)O)c3ccc(N4Cc5c(c(OCC)c6ccccc6c5OCC(F)(F)F)C4=O)c(Cl)c3)cc1Cl)C2. The summed E-state index contributed by atoms with van der Waals surface area (Å²) in [5.41, 5.74) is -0.319. The van der Waals surface area contributed by atoms with Gasteiger partial charge in [0.25, 0.3) is 11.8 Å². The lowest BCUT2D eigenvalue weighted by atomic mass is 9.75. The number of carbonyl (C=O) groups excluding carboxylic acids is 3. The Morgan fingerprint density at radius 2 is 1.07 bits per heavy atom. The molecule has 0 spiro atoms. The lowest BCUT2D eigenvalue weighted by Gasteiger charge is -2.29. The number of carboxylic acids is 1. The van der Waals surface area contributed by atoms with Gasteiger partial charge in [-0.05, 0) is 55.7 Å². The molecular formula is C52H44Cl2F6N2O10. The number of rotatable bonds is 18. The average Bonchev–Trinajstić information content (AvgIpc) is 3.85. The molecule has 378 valence electrons. The normalized spacial score (nSPS) is 14.4. The van der Waals surface area contributed by atoms with Crippen LogP contribution >= 0.6 is 23.2 Å². The Labute approximate surface area is 417 Å². The van der Waals surface area contributed by atoms with Crippen LogP contribution in [0.1, 0.15) is 76.6 Å². The van der Waals surface area contributed by atoms with Gasteiger partial charge in [0.05, 0.1) is 77.3 Å². The van der Waals surface area contributed by atoms with Gasteiger partial charge in [0.15, 0.2) is 13.2 Å². The van der Waals surface area contributed by atoms with E-state index in [1.54, 1.807) is 69.3 Å². The van der Waals surface area contributed by atoms with E-state index in [-0.39, 0.29) is 118 Å². The Bertz CT molecular complexity index is 3150. The lowest BCUT2D eigenvalue weighted by Crippen LogP contribution is -2.37. The fourth-order valence-corrected chi connectivity index (χ4v) is 9.91. The zero-order chi connectivity index (χ0) is 51.9. The second-order valence-electron chi connectivity index (χ2n) is 16.9. The molecule has 6 aromatic rings. The van der Waals surface area contributed by atoms with Gasteiger partial charge in [0, 0.05) is 39.1 Å². The summed E-state index contributed by atoms with van der Waals surface area (Å²) < 4.78 is 109. The topological polar surface area (TPSA) is 141 Å². The highest BCUT2D eigenvalue weighted by Gasteiger charge is 2.43. The Hall–Kier alpha value is -6.92. The molecule has 2 heterocycles. The number of amides is 2. The van der Waals surface area contributed by atoms with Crippen LogP contribution in [0, 0.1) is 0 Å². The fraction of sp³-hybridized carbons (Fsp3) is 0.308. The van der Waals surface area contributed by atoms with Crippen LogP contribution in [0.2, 0.25) is 10.0 Å². The van der Waals surface area contributed by atoms with Crippen LogP contribution in [0.25, 0.3) is 21.5 Å². The van der Waals surface area contributed by atoms with Crippen molar-refractivity contribution in [1.29, 1.82) is 0 Å². The van der Waals surface area contributed by atoms with Gasteiger partial charge >= 0.3 is 24.3 Å². The van der Waals surface area contributed by atoms with Crippen LogP contribution < -0.4 is 28.7 Å². The summed E-state index contributed by atoms with van der Waals surface area (Å²) in [6.45, 7) is 1.44. The number of anilines is 2. The third-order valence-electron chi connectivity index (χ3n) is 12.6. The number of carbonyl (C=O) groups is 4. The number of halogens is 8. The van der Waals surface area contributed by atoms with Crippen molar-refractivity contribution in [3.05, 3.63) is 128 Å². The van der Waals surface area contributed by atoms with E-state index in [2.05, 4.69) is 0 Å². The zero-order valence-corrected chi connectivity index (χ0v) is 40.2. The van der Waals surface area contributed by atoms with Gasteiger partial charge in [-0.1, -0.05) is 90.8 Å². The molecule has 72 heavy (non-hydrogen) atoms. The van der Waals surface area contributed by atoms with Crippen molar-refractivity contribution in [3.8, 4) is 23.0 Å². The summed E-state index contributed by atoms with van der Waals surface area (Å²) in [6.07, 6.45) is -9.87. The number of carboxylic acid groups (broad SMARTS) is 1. The van der Waals surface area contributed by atoms with Crippen LogP contribution in [-0.2, 0) is 39.3 Å². The highest BCUT2D eigenvalue weighted by Crippen LogP contribution is 2.50. The van der Waals surface area contributed by atoms with Crippen molar-refractivity contribution in [2.45, 2.75) is 70.9 Å². The Kier molecular flexibility index (Phi) is 14.5. The second kappa shape index (κ2) is 20.3. The first-order chi connectivity index (χ1) is 34.2. The number of hydrogen-bond acceptors (Lipinski definition) is 9. The van der Waals surface area contributed by atoms with Gasteiger partial charge in [-0.25, -0.2) is 0 Å². The monoisotopic (exact) mass is 1040 g/mol. The van der Waals surface area contributed by atoms with Crippen molar-refractivity contribution in [3.63, 3.8) is 0 Å². The van der Waals surface area contributed by atoms with Gasteiger partial charge in [-0.3, -0.25) is 19.2 Å². The van der Waals surface area contributed by atoms with Crippen LogP contribution in [0.4, 0.5) is 37.7 Å². The van der Waals surface area contributed by atoms with E-state index < -0.39 is 54.7 Å². The van der Waals surface area contributed by atoms with E-state index in [1.165, 1.54) is 46.2 Å². The highest BCUT2D eigenvalue weighted by molar-refractivity contribution is 6.35. The average molecular weight is 1040 g/mol. The molecule has 12 nitrogen and oxygen atoms in total. The molecule has 8 rings (SSSR count). The Balaban J connectivity index is 0.976. The second-order valence-corrected chi connectivity index (χ2v) is 17.7. The van der Waals surface area contributed by atoms with Gasteiger partial charge in [-0.2, -0.15) is 26.3 Å². The standard InChI is InChI=1S/C52H44Cl2F6N2O10/c1-4-50(49(66)67,29-16-18-39(37(54)23-29)62-25-35-41(47(62)64)45(69-6-3)32-13-9-8-12-31(32)44(35)71-26-51(55,56)57)19-20-70-40(63)22-28-15-17-38(36(53)21-28)61-24-34-42(48(61)65)46(72-27-52(58,59)60)33-14-10-7-11-30(33)43(34)68-5-2/h7-18,21,23H,4-6,19-20,22,24-27H2,1-3H3,(H,66,67). The molecule has 0 fully saturated rings. The van der Waals surface area contributed by atoms with Crippen molar-refractivity contribution in [2.75, 3.05) is 42.8 Å². The molecule has 0 saturated carbocycles. The molecule has 6 aromatic carbocycles. The van der Waals surface area contributed by atoms with Gasteiger partial charge in [0.1, 0.15) is 23.0 Å². The maximum Gasteiger partial charge on any atom is 0.422 e. The predicted octanol–water partition coefficient (Wildman–Crippen LogP) is 12.2. The number of benzene rings is 6. The lowest BCUT2D eigenvalue weighted by molar-refractivity contribution is -0.154. The molecule has 1 unspecified atom stereocenters. The quantitative estimate of drug-likeness (QED) is 0.0653. The Morgan fingerprint density at radius 1 is 0.625 bits per heavy atom. The molecule has 1 N–H and O–H groups in total. The van der Waals surface area contributed by atoms with E-state index in [9.17, 15) is 50.6 Å². The molecule has 0 radical (unpaired) electrons. The summed E-state index contributed by atoms with van der Waals surface area (Å²) in [4.78, 5) is 57.1. The molecule has 0 saturated heterocycles. The van der Waals surface area contributed by atoms with Crippen LogP contribution in [-0.4, -0.2) is 74.2 Å². The third-order valence-corrected chi connectivity index (χ3v) is 13.2. The maximum atomic E-state index is 14.2. The largest absolute Gasteiger partial charge is 0.493 e. The first-order valence-corrected chi connectivity index (χ1v) is 23.4. The maximum absolute atomic E-state index is 14.2. The molecule has 0 aromatic heterocycles. The summed E-state index contributed by atoms with van der Waals surface area (Å²) in [6, 6.07) is 21.7. The molecule has 2 aliphatic rings. The van der Waals surface area contributed by atoms with Crippen molar-refractivity contribution >= 4 is 79.9 Å². The number of fused-ring (bicyclic) bond motifs is 4. The third kappa shape index (κ3) is 9.85. The fourth-order valence-electron chi connectivity index (χ4n) is 9.32. The van der Waals surface area contributed by atoms with Crippen LogP contribution in [0.3, 0.4) is 0 Å². The number of ether oxygens (including phenoxy) is 5. The van der Waals surface area contributed by atoms with Gasteiger partial charge in [-0.15, -0.1) is 0 Å². The number of aliphatic carboxylic acids is 1. The van der Waals surface area contributed by atoms with Crippen molar-refractivity contribution < 1.29 is 74.3 Å². The number of esters is 1. The molecule has 2 aliphatic heterocycles. The molecule has 2 amide bonds.